The van der Waals surface area contributed by atoms with Crippen molar-refractivity contribution in [3.05, 3.63) is 104 Å². The van der Waals surface area contributed by atoms with E-state index in [1.54, 1.807) is 43.0 Å². The van der Waals surface area contributed by atoms with Crippen molar-refractivity contribution in [1.82, 2.24) is 4.98 Å². The van der Waals surface area contributed by atoms with E-state index in [2.05, 4.69) is 10.3 Å². The lowest BCUT2D eigenvalue weighted by atomic mass is 9.68. The van der Waals surface area contributed by atoms with Crippen molar-refractivity contribution >= 4 is 58.2 Å². The van der Waals surface area contributed by atoms with Crippen LogP contribution in [-0.4, -0.2) is 47.1 Å². The number of thioether (sulfide) groups is 1. The molecule has 2 bridgehead atoms. The van der Waals surface area contributed by atoms with Gasteiger partial charge >= 0.3 is 10.8 Å². The molecule has 1 saturated heterocycles. The molecule has 0 unspecified atom stereocenters. The molecule has 4 aromatic rings. The lowest BCUT2D eigenvalue weighted by molar-refractivity contribution is -0.123. The first kappa shape index (κ1) is 31.6. The average molecular weight is 696 g/mol. The summed E-state index contributed by atoms with van der Waals surface area (Å²) in [5.41, 5.74) is 3.62. The van der Waals surface area contributed by atoms with Crippen LogP contribution in [0.3, 0.4) is 0 Å². The standard InChI is InChI=1S/C37H33N3O7S2/c1-3-46-36(44)20-6-10-21(11-7-20)38-26(41)17-47-23-14-8-19(9-15-23)27-28-24-16-25(31(28)48-33-32(27)49-37(45)39-33)30-29(24)34(42)40(35(30)43)22-12-4-18(2)5-13-22/h4-15,24-25,27-31H,3,16-17H2,1-2H3,(H,38,41)(H,39,45)/t24-,25-,27+,28-,29+,30+,31-/m1/s1. The van der Waals surface area contributed by atoms with Gasteiger partial charge < -0.3 is 19.8 Å². The molecule has 2 N–H and O–H groups in total. The third kappa shape index (κ3) is 5.37. The first-order chi connectivity index (χ1) is 23.7. The number of amides is 3. The van der Waals surface area contributed by atoms with Crippen LogP contribution in [0.4, 0.5) is 11.4 Å². The highest BCUT2D eigenvalue weighted by atomic mass is 32.2. The fraction of sp³-hybridized carbons (Fsp3) is 0.324. The zero-order valence-electron chi connectivity index (χ0n) is 26.7. The van der Waals surface area contributed by atoms with Crippen molar-refractivity contribution in [3.8, 4) is 5.75 Å². The summed E-state index contributed by atoms with van der Waals surface area (Å²) < 4.78 is 10.8. The minimum absolute atomic E-state index is 0.0146. The number of nitrogens with zero attached hydrogens (tertiary/aromatic N) is 1. The smallest absolute Gasteiger partial charge is 0.338 e. The number of aromatic nitrogens is 1. The van der Waals surface area contributed by atoms with Gasteiger partial charge in [0.25, 0.3) is 5.91 Å². The highest BCUT2D eigenvalue weighted by molar-refractivity contribution is 8.00. The van der Waals surface area contributed by atoms with Crippen LogP contribution in [0.1, 0.15) is 45.6 Å². The Labute approximate surface area is 290 Å². The van der Waals surface area contributed by atoms with Crippen LogP contribution in [-0.2, 0) is 19.1 Å². The molecule has 4 aliphatic rings. The van der Waals surface area contributed by atoms with Crippen molar-refractivity contribution in [2.45, 2.75) is 36.5 Å². The number of carbonyl (C=O) groups is 4. The quantitative estimate of drug-likeness (QED) is 0.179. The second-order valence-electron chi connectivity index (χ2n) is 13.0. The molecule has 3 fully saturated rings. The average Bonchev–Trinajstić information content (AvgIpc) is 3.84. The van der Waals surface area contributed by atoms with Gasteiger partial charge in [0, 0.05) is 21.7 Å². The van der Waals surface area contributed by atoms with Crippen LogP contribution in [0.25, 0.3) is 0 Å². The van der Waals surface area contributed by atoms with Gasteiger partial charge in [-0.1, -0.05) is 41.2 Å². The highest BCUT2D eigenvalue weighted by Crippen LogP contribution is 2.68. The molecule has 250 valence electrons. The van der Waals surface area contributed by atoms with Crippen LogP contribution < -0.4 is 19.8 Å². The second-order valence-corrected chi connectivity index (χ2v) is 15.2. The molecule has 2 saturated carbocycles. The van der Waals surface area contributed by atoms with Gasteiger partial charge in [-0.3, -0.25) is 24.1 Å². The zero-order valence-corrected chi connectivity index (χ0v) is 28.3. The molecular weight excluding hydrogens is 663 g/mol. The van der Waals surface area contributed by atoms with E-state index in [0.717, 1.165) is 27.5 Å². The predicted molar refractivity (Wildman–Crippen MR) is 185 cm³/mol. The van der Waals surface area contributed by atoms with Crippen LogP contribution in [0.5, 0.6) is 5.75 Å². The Balaban J connectivity index is 0.996. The van der Waals surface area contributed by atoms with Crippen molar-refractivity contribution in [2.24, 2.45) is 29.6 Å². The molecule has 8 rings (SSSR count). The van der Waals surface area contributed by atoms with Crippen LogP contribution >= 0.6 is 23.1 Å². The maximum Gasteiger partial charge on any atom is 0.338 e. The number of imide groups is 1. The van der Waals surface area contributed by atoms with Gasteiger partial charge in [0.1, 0.15) is 5.75 Å². The summed E-state index contributed by atoms with van der Waals surface area (Å²) in [6, 6.07) is 21.6. The number of aromatic amines is 1. The van der Waals surface area contributed by atoms with Gasteiger partial charge in [-0.05, 0) is 92.1 Å². The Hall–Kier alpha value is -4.68. The summed E-state index contributed by atoms with van der Waals surface area (Å²) in [6.07, 6.45) is 0.814. The summed E-state index contributed by atoms with van der Waals surface area (Å²) in [6.45, 7) is 3.78. The number of rotatable bonds is 8. The summed E-state index contributed by atoms with van der Waals surface area (Å²) in [5, 5.41) is 3.71. The minimum Gasteiger partial charge on any atom is -0.484 e. The Kier molecular flexibility index (Phi) is 7.95. The Morgan fingerprint density at radius 2 is 1.61 bits per heavy atom. The minimum atomic E-state index is -0.423. The zero-order chi connectivity index (χ0) is 34.0. The fourth-order valence-electron chi connectivity index (χ4n) is 8.36. The summed E-state index contributed by atoms with van der Waals surface area (Å²) in [5.74, 6) is -1.19. The first-order valence-corrected chi connectivity index (χ1v) is 18.1. The number of H-pyrrole nitrogens is 1. The largest absolute Gasteiger partial charge is 0.484 e. The lowest BCUT2D eigenvalue weighted by Crippen LogP contribution is -2.42. The second kappa shape index (κ2) is 12.3. The molecule has 7 atom stereocenters. The monoisotopic (exact) mass is 695 g/mol. The predicted octanol–water partition coefficient (Wildman–Crippen LogP) is 5.62. The van der Waals surface area contributed by atoms with Gasteiger partial charge in [0.05, 0.1) is 34.7 Å². The number of hydrogen-bond acceptors (Lipinski definition) is 9. The molecule has 49 heavy (non-hydrogen) atoms. The third-order valence-electron chi connectivity index (χ3n) is 10.3. The van der Waals surface area contributed by atoms with Gasteiger partial charge in [-0.25, -0.2) is 4.79 Å². The van der Waals surface area contributed by atoms with E-state index in [0.29, 0.717) is 22.7 Å². The molecule has 3 aromatic carbocycles. The molecule has 0 spiro atoms. The number of benzene rings is 3. The van der Waals surface area contributed by atoms with Crippen LogP contribution in [0, 0.1) is 36.5 Å². The fourth-order valence-corrected chi connectivity index (χ4v) is 11.2. The van der Waals surface area contributed by atoms with E-state index in [4.69, 9.17) is 9.47 Å². The number of fused-ring (bicyclic) bond motifs is 9. The van der Waals surface area contributed by atoms with Crippen molar-refractivity contribution in [3.63, 3.8) is 0 Å². The third-order valence-corrected chi connectivity index (χ3v) is 12.9. The van der Waals surface area contributed by atoms with Crippen molar-refractivity contribution < 1.29 is 28.7 Å². The molecule has 2 aliphatic heterocycles. The number of aryl methyl sites for hydroxylation is 1. The van der Waals surface area contributed by atoms with Crippen LogP contribution in [0.15, 0.2) is 82.6 Å². The van der Waals surface area contributed by atoms with E-state index >= 15 is 0 Å². The number of anilines is 2. The number of ether oxygens (including phenoxy) is 2. The van der Waals surface area contributed by atoms with E-state index in [-0.39, 0.29) is 76.6 Å². The Bertz CT molecular complexity index is 2020. The maximum absolute atomic E-state index is 14.0. The summed E-state index contributed by atoms with van der Waals surface area (Å²) in [4.78, 5) is 70.2. The molecule has 12 heteroatoms. The van der Waals surface area contributed by atoms with Gasteiger partial charge in [0.2, 0.25) is 11.8 Å². The molecule has 3 amide bonds. The highest BCUT2D eigenvalue weighted by Gasteiger charge is 2.69. The van der Waals surface area contributed by atoms with E-state index < -0.39 is 5.97 Å². The molecular formula is C37H33N3O7S2. The van der Waals surface area contributed by atoms with E-state index in [1.165, 1.54) is 16.2 Å². The number of carbonyl (C=O) groups excluding carboxylic acids is 4. The summed E-state index contributed by atoms with van der Waals surface area (Å²) in [7, 11) is 0. The van der Waals surface area contributed by atoms with Crippen molar-refractivity contribution in [2.75, 3.05) is 23.4 Å². The Morgan fingerprint density at radius 1 is 0.918 bits per heavy atom. The first-order valence-electron chi connectivity index (χ1n) is 16.4. The Morgan fingerprint density at radius 3 is 2.31 bits per heavy atom. The van der Waals surface area contributed by atoms with Gasteiger partial charge in [-0.2, -0.15) is 0 Å². The molecule has 2 aliphatic carbocycles. The number of hydrogen-bond donors (Lipinski definition) is 2. The molecule has 10 nitrogen and oxygen atoms in total. The SMILES string of the molecule is CCOC(=O)c1ccc(NC(=O)COc2ccc([C@@H]3c4sc(=O)[nH]c4S[C@@H]4[C@@H]5C[C@@H]([C@@H]6C(=O)N(c7ccc(C)cc7)C(=O)[C@@H]56)[C@H]34)cc2)cc1. The van der Waals surface area contributed by atoms with Gasteiger partial charge in [-0.15, -0.1) is 11.8 Å². The maximum atomic E-state index is 14.0. The normalized spacial score (nSPS) is 26.2. The van der Waals surface area contributed by atoms with Crippen LogP contribution in [0.2, 0.25) is 0 Å². The lowest BCUT2D eigenvalue weighted by Gasteiger charge is -2.43. The number of nitrogens with one attached hydrogen (secondary N) is 2. The number of thiazole rings is 1. The van der Waals surface area contributed by atoms with E-state index in [1.807, 2.05) is 55.5 Å². The topological polar surface area (TPSA) is 135 Å². The molecule has 0 radical (unpaired) electrons. The number of esters is 1. The van der Waals surface area contributed by atoms with Gasteiger partial charge in [0.15, 0.2) is 6.61 Å². The molecule has 1 aromatic heterocycles. The summed E-state index contributed by atoms with van der Waals surface area (Å²) >= 11 is 2.88. The van der Waals surface area contributed by atoms with E-state index in [9.17, 15) is 24.0 Å². The molecule has 3 heterocycles. The van der Waals surface area contributed by atoms with Crippen molar-refractivity contribution in [1.29, 1.82) is 0 Å².